The lowest BCUT2D eigenvalue weighted by Gasteiger charge is -2.43. The fraction of sp³-hybridized carbons (Fsp3) is 0.300. The first kappa shape index (κ1) is 17.3. The third-order valence-corrected chi connectivity index (χ3v) is 5.18. The fourth-order valence-corrected chi connectivity index (χ4v) is 3.99. The van der Waals surface area contributed by atoms with Crippen LogP contribution in [0.25, 0.3) is 0 Å². The van der Waals surface area contributed by atoms with E-state index in [2.05, 4.69) is 10.6 Å². The number of amides is 2. The van der Waals surface area contributed by atoms with Crippen molar-refractivity contribution in [3.05, 3.63) is 53.1 Å². The number of carbonyl (C=O) groups is 1. The lowest BCUT2D eigenvalue weighted by atomic mass is 9.74. The number of rotatable bonds is 2. The van der Waals surface area contributed by atoms with Gasteiger partial charge < -0.3 is 15.4 Å². The van der Waals surface area contributed by atoms with E-state index in [0.29, 0.717) is 24.2 Å². The molecule has 1 aliphatic carbocycles. The lowest BCUT2D eigenvalue weighted by molar-refractivity contribution is 0.205. The monoisotopic (exact) mass is 369 g/mol. The van der Waals surface area contributed by atoms with Crippen LogP contribution in [0.4, 0.5) is 19.3 Å². The number of nitriles is 1. The Kier molecular flexibility index (Phi) is 4.19. The van der Waals surface area contributed by atoms with Gasteiger partial charge in [0, 0.05) is 5.56 Å². The molecule has 1 spiro atoms. The zero-order valence-electron chi connectivity index (χ0n) is 14.4. The first-order valence-electron chi connectivity index (χ1n) is 8.82. The Labute approximate surface area is 154 Å². The summed E-state index contributed by atoms with van der Waals surface area (Å²) in [6, 6.07) is 7.80. The highest BCUT2D eigenvalue weighted by atomic mass is 19.1. The smallest absolute Gasteiger partial charge is 0.320 e. The molecule has 1 fully saturated rings. The number of urea groups is 1. The number of nitrogens with zero attached hydrogens (tertiary/aromatic N) is 1. The van der Waals surface area contributed by atoms with Crippen LogP contribution in [-0.2, 0) is 5.54 Å². The molecule has 1 heterocycles. The molecule has 2 N–H and O–H groups in total. The fourth-order valence-electron chi connectivity index (χ4n) is 3.99. The summed E-state index contributed by atoms with van der Waals surface area (Å²) in [7, 11) is 0. The molecule has 0 atom stereocenters. The highest BCUT2D eigenvalue weighted by Crippen LogP contribution is 2.48. The van der Waals surface area contributed by atoms with Crippen LogP contribution in [0, 0.1) is 23.0 Å². The van der Waals surface area contributed by atoms with E-state index in [0.717, 1.165) is 25.3 Å². The van der Waals surface area contributed by atoms with Crippen LogP contribution >= 0.6 is 0 Å². The second-order valence-corrected chi connectivity index (χ2v) is 6.87. The van der Waals surface area contributed by atoms with Crippen LogP contribution in [0.3, 0.4) is 0 Å². The van der Waals surface area contributed by atoms with Crippen LogP contribution in [0.2, 0.25) is 0 Å². The topological polar surface area (TPSA) is 74.1 Å². The van der Waals surface area contributed by atoms with Crippen molar-refractivity contribution < 1.29 is 18.3 Å². The average Bonchev–Trinajstić information content (AvgIpc) is 2.66. The van der Waals surface area contributed by atoms with E-state index < -0.39 is 23.2 Å². The van der Waals surface area contributed by atoms with Crippen LogP contribution in [0.15, 0.2) is 30.3 Å². The highest BCUT2D eigenvalue weighted by Gasteiger charge is 2.44. The van der Waals surface area contributed by atoms with E-state index >= 15 is 0 Å². The van der Waals surface area contributed by atoms with Gasteiger partial charge in [-0.05, 0) is 43.2 Å². The third-order valence-electron chi connectivity index (χ3n) is 5.18. The van der Waals surface area contributed by atoms with Gasteiger partial charge in [-0.25, -0.2) is 13.6 Å². The second-order valence-electron chi connectivity index (χ2n) is 6.87. The first-order valence-corrected chi connectivity index (χ1v) is 8.82. The largest absolute Gasteiger partial charge is 0.456 e. The second kappa shape index (κ2) is 6.54. The van der Waals surface area contributed by atoms with Gasteiger partial charge in [-0.3, -0.25) is 0 Å². The van der Waals surface area contributed by atoms with Crippen LogP contribution < -0.4 is 15.4 Å². The van der Waals surface area contributed by atoms with Gasteiger partial charge in [0.05, 0.1) is 16.8 Å². The molecule has 4 rings (SSSR count). The molecule has 2 aliphatic rings. The summed E-state index contributed by atoms with van der Waals surface area (Å²) in [6.07, 6.45) is 4.18. The summed E-state index contributed by atoms with van der Waals surface area (Å²) < 4.78 is 33.8. The lowest BCUT2D eigenvalue weighted by Crippen LogP contribution is -2.53. The summed E-state index contributed by atoms with van der Waals surface area (Å²) in [5.41, 5.74) is -0.0486. The minimum Gasteiger partial charge on any atom is -0.456 e. The zero-order chi connectivity index (χ0) is 19.0. The number of benzene rings is 2. The summed E-state index contributed by atoms with van der Waals surface area (Å²) in [5, 5.41) is 14.7. The van der Waals surface area contributed by atoms with E-state index in [1.54, 1.807) is 0 Å². The van der Waals surface area contributed by atoms with Gasteiger partial charge in [0.25, 0.3) is 0 Å². The Morgan fingerprint density at radius 1 is 1.07 bits per heavy atom. The number of ether oxygens (including phenoxy) is 1. The Bertz CT molecular complexity index is 962. The van der Waals surface area contributed by atoms with Crippen molar-refractivity contribution in [1.29, 1.82) is 5.26 Å². The van der Waals surface area contributed by atoms with Crippen LogP contribution in [0.1, 0.15) is 43.2 Å². The number of carbonyl (C=O) groups excluding carboxylic acids is 1. The van der Waals surface area contributed by atoms with Gasteiger partial charge in [0.15, 0.2) is 0 Å². The minimum absolute atomic E-state index is 0.0403. The van der Waals surface area contributed by atoms with Crippen molar-refractivity contribution in [2.24, 2.45) is 0 Å². The van der Waals surface area contributed by atoms with Crippen molar-refractivity contribution in [2.45, 2.75) is 37.6 Å². The maximum atomic E-state index is 14.5. The van der Waals surface area contributed by atoms with Gasteiger partial charge in [0.1, 0.15) is 29.2 Å². The van der Waals surface area contributed by atoms with Crippen molar-refractivity contribution in [1.82, 2.24) is 5.32 Å². The molecule has 0 bridgehead atoms. The summed E-state index contributed by atoms with van der Waals surface area (Å²) in [6.45, 7) is 0. The summed E-state index contributed by atoms with van der Waals surface area (Å²) >= 11 is 0. The Balaban J connectivity index is 1.85. The van der Waals surface area contributed by atoms with Crippen molar-refractivity contribution in [3.63, 3.8) is 0 Å². The normalized spacial score (nSPS) is 17.4. The summed E-state index contributed by atoms with van der Waals surface area (Å²) in [4.78, 5) is 12.1. The molecular formula is C20H17F2N3O2. The van der Waals surface area contributed by atoms with Crippen molar-refractivity contribution in [3.8, 4) is 17.6 Å². The predicted molar refractivity (Wildman–Crippen MR) is 94.5 cm³/mol. The number of hydrogen-bond acceptors (Lipinski definition) is 3. The number of fused-ring (bicyclic) bond motifs is 2. The molecule has 2 aromatic carbocycles. The predicted octanol–water partition coefficient (Wildman–Crippen LogP) is 4.92. The summed E-state index contributed by atoms with van der Waals surface area (Å²) in [5.74, 6) is -0.575. The van der Waals surface area contributed by atoms with E-state index in [1.165, 1.54) is 24.3 Å². The zero-order valence-corrected chi connectivity index (χ0v) is 14.4. The molecule has 1 saturated carbocycles. The Hall–Kier alpha value is -3.14. The molecule has 5 nitrogen and oxygen atoms in total. The molecule has 2 amide bonds. The standard InChI is InChI=1S/C20H17F2N3O2/c21-13-4-6-15(12(10-13)11-23)27-16-7-5-14(22)18-17(16)20(25-19(26)24-18)8-2-1-3-9-20/h4-7,10H,1-3,8-9H2,(H2,24,25,26). The molecular weight excluding hydrogens is 352 g/mol. The highest BCUT2D eigenvalue weighted by molar-refractivity contribution is 5.94. The molecule has 0 aromatic heterocycles. The van der Waals surface area contributed by atoms with Gasteiger partial charge in [-0.1, -0.05) is 19.3 Å². The first-order chi connectivity index (χ1) is 13.0. The van der Waals surface area contributed by atoms with Crippen LogP contribution in [-0.4, -0.2) is 6.03 Å². The molecule has 27 heavy (non-hydrogen) atoms. The maximum Gasteiger partial charge on any atom is 0.320 e. The average molecular weight is 369 g/mol. The minimum atomic E-state index is -0.722. The Morgan fingerprint density at radius 2 is 1.81 bits per heavy atom. The van der Waals surface area contributed by atoms with E-state index in [-0.39, 0.29) is 17.0 Å². The van der Waals surface area contributed by atoms with Gasteiger partial charge in [-0.2, -0.15) is 5.26 Å². The number of anilines is 1. The van der Waals surface area contributed by atoms with E-state index in [1.807, 2.05) is 6.07 Å². The van der Waals surface area contributed by atoms with E-state index in [9.17, 15) is 18.8 Å². The molecule has 0 unspecified atom stereocenters. The van der Waals surface area contributed by atoms with Gasteiger partial charge in [0.2, 0.25) is 0 Å². The van der Waals surface area contributed by atoms with Crippen molar-refractivity contribution >= 4 is 11.7 Å². The maximum absolute atomic E-state index is 14.5. The molecule has 138 valence electrons. The number of halogens is 2. The number of nitrogens with one attached hydrogen (secondary N) is 2. The molecule has 2 aromatic rings. The number of hydrogen-bond donors (Lipinski definition) is 2. The van der Waals surface area contributed by atoms with Gasteiger partial charge >= 0.3 is 6.03 Å². The van der Waals surface area contributed by atoms with E-state index in [4.69, 9.17) is 4.74 Å². The molecule has 1 aliphatic heterocycles. The Morgan fingerprint density at radius 3 is 2.56 bits per heavy atom. The van der Waals surface area contributed by atoms with Crippen LogP contribution in [0.5, 0.6) is 11.5 Å². The molecule has 0 radical (unpaired) electrons. The molecule has 7 heteroatoms. The van der Waals surface area contributed by atoms with Crippen molar-refractivity contribution in [2.75, 3.05) is 5.32 Å². The third kappa shape index (κ3) is 2.97. The molecule has 0 saturated heterocycles. The van der Waals surface area contributed by atoms with Gasteiger partial charge in [-0.15, -0.1) is 0 Å². The quantitative estimate of drug-likeness (QED) is 0.789. The SMILES string of the molecule is N#Cc1cc(F)ccc1Oc1ccc(F)c2c1C1(CCCCC1)NC(=O)N2.